The van der Waals surface area contributed by atoms with Crippen molar-refractivity contribution in [3.8, 4) is 0 Å². The van der Waals surface area contributed by atoms with E-state index < -0.39 is 0 Å². The first kappa shape index (κ1) is 13.2. The van der Waals surface area contributed by atoms with E-state index in [9.17, 15) is 4.39 Å². The summed E-state index contributed by atoms with van der Waals surface area (Å²) in [6.45, 7) is 3.80. The van der Waals surface area contributed by atoms with E-state index in [0.29, 0.717) is 5.56 Å². The molecule has 3 heteroatoms. The number of pyridine rings is 1. The fraction of sp³-hybridized carbons (Fsp3) is 0.267. The summed E-state index contributed by atoms with van der Waals surface area (Å²) in [5.41, 5.74) is 3.94. The Kier molecular flexibility index (Phi) is 4.12. The molecule has 0 aliphatic carbocycles. The van der Waals surface area contributed by atoms with Crippen LogP contribution in [0.3, 0.4) is 0 Å². The van der Waals surface area contributed by atoms with Gasteiger partial charge in [0.1, 0.15) is 5.82 Å². The SMILES string of the molecule is Cc1ccc(CC(Br)c2ccc(F)c(C)c2)nc1. The van der Waals surface area contributed by atoms with Gasteiger partial charge in [-0.05, 0) is 42.7 Å². The normalized spacial score (nSPS) is 12.4. The van der Waals surface area contributed by atoms with Crippen LogP contribution < -0.4 is 0 Å². The van der Waals surface area contributed by atoms with Gasteiger partial charge in [0.2, 0.25) is 0 Å². The van der Waals surface area contributed by atoms with Crippen molar-refractivity contribution < 1.29 is 4.39 Å². The van der Waals surface area contributed by atoms with E-state index in [1.165, 1.54) is 6.07 Å². The predicted octanol–water partition coefficient (Wildman–Crippen LogP) is 4.52. The van der Waals surface area contributed by atoms with Crippen molar-refractivity contribution >= 4 is 15.9 Å². The van der Waals surface area contributed by atoms with E-state index in [-0.39, 0.29) is 10.6 Å². The molecule has 1 aromatic carbocycles. The number of alkyl halides is 1. The Bertz CT molecular complexity index is 537. The molecular formula is C15H15BrFN. The highest BCUT2D eigenvalue weighted by molar-refractivity contribution is 9.09. The molecule has 1 heterocycles. The van der Waals surface area contributed by atoms with Gasteiger partial charge >= 0.3 is 0 Å². The van der Waals surface area contributed by atoms with Crippen LogP contribution in [0.2, 0.25) is 0 Å². The molecule has 1 aromatic heterocycles. The van der Waals surface area contributed by atoms with Gasteiger partial charge in [-0.1, -0.05) is 34.1 Å². The summed E-state index contributed by atoms with van der Waals surface area (Å²) in [6.07, 6.45) is 2.66. The van der Waals surface area contributed by atoms with Gasteiger partial charge in [-0.15, -0.1) is 0 Å². The van der Waals surface area contributed by atoms with Crippen LogP contribution in [-0.2, 0) is 6.42 Å². The van der Waals surface area contributed by atoms with Crippen molar-refractivity contribution in [1.29, 1.82) is 0 Å². The zero-order valence-corrected chi connectivity index (χ0v) is 12.0. The molecule has 1 nitrogen and oxygen atoms in total. The smallest absolute Gasteiger partial charge is 0.126 e. The van der Waals surface area contributed by atoms with Crippen LogP contribution in [0.5, 0.6) is 0 Å². The Labute approximate surface area is 115 Å². The van der Waals surface area contributed by atoms with Crippen molar-refractivity contribution in [3.05, 3.63) is 64.7 Å². The maximum absolute atomic E-state index is 13.2. The molecule has 0 aliphatic heterocycles. The first-order valence-electron chi connectivity index (χ1n) is 5.88. The molecule has 2 aromatic rings. The molecule has 94 valence electrons. The van der Waals surface area contributed by atoms with Gasteiger partial charge in [0, 0.05) is 23.1 Å². The van der Waals surface area contributed by atoms with Gasteiger partial charge < -0.3 is 0 Å². The van der Waals surface area contributed by atoms with Crippen molar-refractivity contribution in [2.75, 3.05) is 0 Å². The zero-order valence-electron chi connectivity index (χ0n) is 10.5. The summed E-state index contributed by atoms with van der Waals surface area (Å²) in [7, 11) is 0. The third-order valence-corrected chi connectivity index (χ3v) is 3.76. The first-order valence-corrected chi connectivity index (χ1v) is 6.79. The lowest BCUT2D eigenvalue weighted by Gasteiger charge is -2.11. The van der Waals surface area contributed by atoms with Crippen LogP contribution in [0.1, 0.15) is 27.2 Å². The lowest BCUT2D eigenvalue weighted by atomic mass is 10.0. The topological polar surface area (TPSA) is 12.9 Å². The van der Waals surface area contributed by atoms with Gasteiger partial charge in [-0.3, -0.25) is 4.98 Å². The molecule has 1 atom stereocenters. The fourth-order valence-electron chi connectivity index (χ4n) is 1.78. The molecule has 0 saturated heterocycles. The van der Waals surface area contributed by atoms with Gasteiger partial charge in [0.15, 0.2) is 0 Å². The van der Waals surface area contributed by atoms with Gasteiger partial charge in [0.05, 0.1) is 0 Å². The van der Waals surface area contributed by atoms with Crippen LogP contribution in [0, 0.1) is 19.7 Å². The molecular weight excluding hydrogens is 293 g/mol. The van der Waals surface area contributed by atoms with Crippen LogP contribution >= 0.6 is 15.9 Å². The molecule has 2 rings (SSSR count). The molecule has 0 amide bonds. The molecule has 18 heavy (non-hydrogen) atoms. The maximum atomic E-state index is 13.2. The number of hydrogen-bond acceptors (Lipinski definition) is 1. The van der Waals surface area contributed by atoms with E-state index in [4.69, 9.17) is 0 Å². The van der Waals surface area contributed by atoms with Crippen molar-refractivity contribution in [3.63, 3.8) is 0 Å². The van der Waals surface area contributed by atoms with Crippen LogP contribution in [0.25, 0.3) is 0 Å². The quantitative estimate of drug-likeness (QED) is 0.760. The molecule has 1 unspecified atom stereocenters. The molecule has 0 N–H and O–H groups in total. The Hall–Kier alpha value is -1.22. The molecule has 0 radical (unpaired) electrons. The average molecular weight is 308 g/mol. The molecule has 0 bridgehead atoms. The van der Waals surface area contributed by atoms with Crippen molar-refractivity contribution in [1.82, 2.24) is 4.98 Å². The zero-order chi connectivity index (χ0) is 13.1. The van der Waals surface area contributed by atoms with Gasteiger partial charge in [0.25, 0.3) is 0 Å². The molecule has 0 aliphatic rings. The highest BCUT2D eigenvalue weighted by atomic mass is 79.9. The number of rotatable bonds is 3. The Balaban J connectivity index is 2.13. The second kappa shape index (κ2) is 5.61. The third kappa shape index (κ3) is 3.16. The lowest BCUT2D eigenvalue weighted by Crippen LogP contribution is -1.99. The minimum Gasteiger partial charge on any atom is -0.261 e. The van der Waals surface area contributed by atoms with E-state index in [0.717, 1.165) is 23.2 Å². The summed E-state index contributed by atoms with van der Waals surface area (Å²) in [4.78, 5) is 4.54. The maximum Gasteiger partial charge on any atom is 0.126 e. The molecule has 0 fully saturated rings. The highest BCUT2D eigenvalue weighted by Gasteiger charge is 2.10. The largest absolute Gasteiger partial charge is 0.261 e. The lowest BCUT2D eigenvalue weighted by molar-refractivity contribution is 0.617. The summed E-state index contributed by atoms with van der Waals surface area (Å²) < 4.78 is 13.2. The molecule has 0 spiro atoms. The standard InChI is InChI=1S/C15H15BrFN/c1-10-3-5-13(18-9-10)8-14(16)12-4-6-15(17)11(2)7-12/h3-7,9,14H,8H2,1-2H3. The average Bonchev–Trinajstić information content (AvgIpc) is 2.35. The first-order chi connectivity index (χ1) is 8.56. The van der Waals surface area contributed by atoms with E-state index >= 15 is 0 Å². The summed E-state index contributed by atoms with van der Waals surface area (Å²) in [5, 5.41) is 0. The Morgan fingerprint density at radius 1 is 1.22 bits per heavy atom. The number of halogens is 2. The fourth-order valence-corrected chi connectivity index (χ4v) is 2.40. The van der Waals surface area contributed by atoms with E-state index in [1.54, 1.807) is 6.92 Å². The number of nitrogens with zero attached hydrogens (tertiary/aromatic N) is 1. The van der Waals surface area contributed by atoms with Crippen LogP contribution in [0.4, 0.5) is 4.39 Å². The predicted molar refractivity (Wildman–Crippen MR) is 75.5 cm³/mol. The third-order valence-electron chi connectivity index (χ3n) is 2.90. The second-order valence-corrected chi connectivity index (χ2v) is 5.61. The van der Waals surface area contributed by atoms with Gasteiger partial charge in [-0.25, -0.2) is 4.39 Å². The minimum atomic E-state index is -0.160. The van der Waals surface area contributed by atoms with Crippen molar-refractivity contribution in [2.24, 2.45) is 0 Å². The number of benzene rings is 1. The molecule has 0 saturated carbocycles. The summed E-state index contributed by atoms with van der Waals surface area (Å²) in [5.74, 6) is -0.160. The summed E-state index contributed by atoms with van der Waals surface area (Å²) in [6, 6.07) is 9.29. The monoisotopic (exact) mass is 307 g/mol. The van der Waals surface area contributed by atoms with Crippen LogP contribution in [-0.4, -0.2) is 4.98 Å². The highest BCUT2D eigenvalue weighted by Crippen LogP contribution is 2.27. The number of hydrogen-bond donors (Lipinski definition) is 0. The number of aromatic nitrogens is 1. The Morgan fingerprint density at radius 3 is 2.61 bits per heavy atom. The number of aryl methyl sites for hydroxylation is 2. The Morgan fingerprint density at radius 2 is 2.00 bits per heavy atom. The van der Waals surface area contributed by atoms with E-state index in [1.807, 2.05) is 31.3 Å². The minimum absolute atomic E-state index is 0.159. The van der Waals surface area contributed by atoms with Crippen molar-refractivity contribution in [2.45, 2.75) is 25.1 Å². The van der Waals surface area contributed by atoms with Crippen LogP contribution in [0.15, 0.2) is 36.5 Å². The van der Waals surface area contributed by atoms with E-state index in [2.05, 4.69) is 27.0 Å². The second-order valence-electron chi connectivity index (χ2n) is 4.51. The van der Waals surface area contributed by atoms with Gasteiger partial charge in [-0.2, -0.15) is 0 Å². The summed E-state index contributed by atoms with van der Waals surface area (Å²) >= 11 is 3.64.